The zero-order valence-electron chi connectivity index (χ0n) is 16.5. The van der Waals surface area contributed by atoms with Crippen molar-refractivity contribution in [2.45, 2.75) is 39.2 Å². The van der Waals surface area contributed by atoms with Gasteiger partial charge in [-0.2, -0.15) is 0 Å². The van der Waals surface area contributed by atoms with E-state index in [9.17, 15) is 9.59 Å². The third-order valence-corrected chi connectivity index (χ3v) is 6.03. The Bertz CT molecular complexity index is 917. The minimum absolute atomic E-state index is 0.0159. The molecular formula is C21H27N3O3. The largest absolute Gasteiger partial charge is 0.497 e. The molecule has 3 heterocycles. The lowest BCUT2D eigenvalue weighted by Crippen LogP contribution is -2.67. The van der Waals surface area contributed by atoms with Gasteiger partial charge >= 0.3 is 0 Å². The Morgan fingerprint density at radius 1 is 1.30 bits per heavy atom. The predicted octanol–water partition coefficient (Wildman–Crippen LogP) is 2.66. The van der Waals surface area contributed by atoms with Crippen LogP contribution in [0.3, 0.4) is 0 Å². The quantitative estimate of drug-likeness (QED) is 0.901. The van der Waals surface area contributed by atoms with E-state index >= 15 is 0 Å². The first-order valence-corrected chi connectivity index (χ1v) is 9.65. The van der Waals surface area contributed by atoms with Crippen LogP contribution in [0.1, 0.15) is 38.4 Å². The second-order valence-corrected chi connectivity index (χ2v) is 8.17. The fraction of sp³-hybridized carbons (Fsp3) is 0.524. The number of piperazine rings is 1. The number of hydrogen-bond donors (Lipinski definition) is 1. The summed E-state index contributed by atoms with van der Waals surface area (Å²) < 4.78 is 5.37. The van der Waals surface area contributed by atoms with Gasteiger partial charge in [0.2, 0.25) is 5.91 Å². The second-order valence-electron chi connectivity index (χ2n) is 8.17. The molecule has 1 saturated heterocycles. The third kappa shape index (κ3) is 2.61. The Morgan fingerprint density at radius 2 is 2.07 bits per heavy atom. The van der Waals surface area contributed by atoms with Gasteiger partial charge in [0.05, 0.1) is 19.3 Å². The number of nitrogens with one attached hydrogen (secondary N) is 1. The van der Waals surface area contributed by atoms with Crippen molar-refractivity contribution in [3.05, 3.63) is 29.5 Å². The van der Waals surface area contributed by atoms with Gasteiger partial charge in [0.15, 0.2) is 5.54 Å². The number of amides is 2. The number of nitrogens with zero attached hydrogens (tertiary/aromatic N) is 2. The highest BCUT2D eigenvalue weighted by Gasteiger charge is 2.53. The van der Waals surface area contributed by atoms with Crippen molar-refractivity contribution in [1.29, 1.82) is 0 Å². The first-order chi connectivity index (χ1) is 12.9. The normalized spacial score (nSPS) is 22.4. The van der Waals surface area contributed by atoms with Crippen molar-refractivity contribution in [2.24, 2.45) is 5.92 Å². The van der Waals surface area contributed by atoms with Gasteiger partial charge in [0.1, 0.15) is 5.75 Å². The van der Waals surface area contributed by atoms with Crippen LogP contribution in [0.2, 0.25) is 0 Å². The topological polar surface area (TPSA) is 65.6 Å². The molecule has 6 heteroatoms. The molecule has 0 aliphatic carbocycles. The number of benzene rings is 1. The summed E-state index contributed by atoms with van der Waals surface area (Å²) in [5.74, 6) is 1.33. The Hall–Kier alpha value is -2.50. The number of carbonyl (C=O) groups is 2. The molecule has 0 saturated carbocycles. The Balaban J connectivity index is 1.81. The maximum Gasteiger partial charge on any atom is 0.254 e. The lowest BCUT2D eigenvalue weighted by molar-refractivity contribution is -0.166. The Morgan fingerprint density at radius 3 is 2.78 bits per heavy atom. The van der Waals surface area contributed by atoms with E-state index in [1.165, 1.54) is 0 Å². The van der Waals surface area contributed by atoms with Gasteiger partial charge in [-0.3, -0.25) is 9.59 Å². The fourth-order valence-electron chi connectivity index (χ4n) is 4.43. The van der Waals surface area contributed by atoms with Gasteiger partial charge in [-0.1, -0.05) is 13.8 Å². The standard InChI is InChI=1S/C21H27N3O3/c1-13(2)7-9-23-12-18(25)24-10-8-15-16-11-14(27-4)5-6-17(16)22-19(15)21(24,3)20(23)26/h5-6,11,13,22H,7-10,12H2,1-4H3/t21-/m1/s1. The molecule has 144 valence electrons. The highest BCUT2D eigenvalue weighted by atomic mass is 16.5. The number of ether oxygens (including phenoxy) is 1. The van der Waals surface area contributed by atoms with Crippen molar-refractivity contribution >= 4 is 22.7 Å². The first-order valence-electron chi connectivity index (χ1n) is 9.65. The van der Waals surface area contributed by atoms with Crippen molar-refractivity contribution in [1.82, 2.24) is 14.8 Å². The van der Waals surface area contributed by atoms with Gasteiger partial charge in [-0.05, 0) is 49.4 Å². The van der Waals surface area contributed by atoms with E-state index in [0.29, 0.717) is 19.0 Å². The summed E-state index contributed by atoms with van der Waals surface area (Å²) in [5.41, 5.74) is 1.98. The van der Waals surface area contributed by atoms with Crippen LogP contribution in [0.4, 0.5) is 0 Å². The van der Waals surface area contributed by atoms with Crippen LogP contribution in [-0.2, 0) is 21.5 Å². The van der Waals surface area contributed by atoms with Crippen LogP contribution in [-0.4, -0.2) is 53.3 Å². The lowest BCUT2D eigenvalue weighted by Gasteiger charge is -2.49. The summed E-state index contributed by atoms with van der Waals surface area (Å²) in [5, 5.41) is 1.07. The van der Waals surface area contributed by atoms with Gasteiger partial charge in [0, 0.05) is 24.0 Å². The van der Waals surface area contributed by atoms with Crippen LogP contribution in [0, 0.1) is 5.92 Å². The number of rotatable bonds is 4. The minimum atomic E-state index is -0.966. The third-order valence-electron chi connectivity index (χ3n) is 6.03. The minimum Gasteiger partial charge on any atom is -0.497 e. The summed E-state index contributed by atoms with van der Waals surface area (Å²) >= 11 is 0. The average molecular weight is 369 g/mol. The molecule has 1 N–H and O–H groups in total. The highest BCUT2D eigenvalue weighted by Crippen LogP contribution is 2.42. The number of carbonyl (C=O) groups excluding carboxylic acids is 2. The summed E-state index contributed by atoms with van der Waals surface area (Å²) in [7, 11) is 1.65. The summed E-state index contributed by atoms with van der Waals surface area (Å²) in [6.45, 7) is 7.53. The molecule has 1 aromatic heterocycles. The summed E-state index contributed by atoms with van der Waals surface area (Å²) in [6.07, 6.45) is 1.63. The molecule has 0 unspecified atom stereocenters. The monoisotopic (exact) mass is 369 g/mol. The van der Waals surface area contributed by atoms with Crippen molar-refractivity contribution < 1.29 is 14.3 Å². The Labute approximate surface area is 159 Å². The van der Waals surface area contributed by atoms with Crippen LogP contribution in [0.5, 0.6) is 5.75 Å². The van der Waals surface area contributed by atoms with Crippen molar-refractivity contribution in [3.63, 3.8) is 0 Å². The molecule has 1 aromatic carbocycles. The van der Waals surface area contributed by atoms with Crippen LogP contribution < -0.4 is 4.74 Å². The molecule has 0 radical (unpaired) electrons. The molecule has 4 rings (SSSR count). The van der Waals surface area contributed by atoms with Crippen LogP contribution in [0.15, 0.2) is 18.2 Å². The maximum absolute atomic E-state index is 13.5. The predicted molar refractivity (Wildman–Crippen MR) is 104 cm³/mol. The van der Waals surface area contributed by atoms with Gasteiger partial charge in [-0.25, -0.2) is 0 Å². The number of aromatic amines is 1. The zero-order valence-corrected chi connectivity index (χ0v) is 16.5. The lowest BCUT2D eigenvalue weighted by atomic mass is 9.83. The first kappa shape index (κ1) is 17.9. The van der Waals surface area contributed by atoms with E-state index in [1.807, 2.05) is 25.1 Å². The van der Waals surface area contributed by atoms with E-state index in [2.05, 4.69) is 18.8 Å². The SMILES string of the molecule is COc1ccc2[nH]c3c(c2c1)CCN1C(=O)CN(CCC(C)C)C(=O)[C@@]31C. The zero-order chi connectivity index (χ0) is 19.3. The number of hydrogen-bond acceptors (Lipinski definition) is 3. The van der Waals surface area contributed by atoms with E-state index in [-0.39, 0.29) is 18.4 Å². The van der Waals surface area contributed by atoms with Crippen molar-refractivity contribution in [2.75, 3.05) is 26.7 Å². The molecule has 27 heavy (non-hydrogen) atoms. The van der Waals surface area contributed by atoms with E-state index in [0.717, 1.165) is 40.8 Å². The fourth-order valence-corrected chi connectivity index (χ4v) is 4.43. The number of H-pyrrole nitrogens is 1. The molecule has 1 atom stereocenters. The molecular weight excluding hydrogens is 342 g/mol. The molecule has 2 aliphatic heterocycles. The van der Waals surface area contributed by atoms with E-state index in [1.54, 1.807) is 16.9 Å². The summed E-state index contributed by atoms with van der Waals surface area (Å²) in [4.78, 5) is 33.3. The number of aromatic nitrogens is 1. The smallest absolute Gasteiger partial charge is 0.254 e. The van der Waals surface area contributed by atoms with Gasteiger partial charge in [-0.15, -0.1) is 0 Å². The van der Waals surface area contributed by atoms with E-state index < -0.39 is 5.54 Å². The van der Waals surface area contributed by atoms with Gasteiger partial charge < -0.3 is 19.5 Å². The Kier molecular flexibility index (Phi) is 4.17. The van der Waals surface area contributed by atoms with Gasteiger partial charge in [0.25, 0.3) is 5.91 Å². The van der Waals surface area contributed by atoms with E-state index in [4.69, 9.17) is 4.74 Å². The average Bonchev–Trinajstić information content (AvgIpc) is 3.02. The highest BCUT2D eigenvalue weighted by molar-refractivity contribution is 6.00. The second kappa shape index (κ2) is 6.29. The summed E-state index contributed by atoms with van der Waals surface area (Å²) in [6, 6.07) is 5.90. The van der Waals surface area contributed by atoms with Crippen molar-refractivity contribution in [3.8, 4) is 5.75 Å². The molecule has 1 fully saturated rings. The maximum atomic E-state index is 13.5. The number of fused-ring (bicyclic) bond motifs is 5. The number of methoxy groups -OCH3 is 1. The molecule has 2 aliphatic rings. The molecule has 2 amide bonds. The van der Waals surface area contributed by atoms with Crippen LogP contribution >= 0.6 is 0 Å². The van der Waals surface area contributed by atoms with Crippen LogP contribution in [0.25, 0.3) is 10.9 Å². The molecule has 0 bridgehead atoms. The molecule has 0 spiro atoms. The molecule has 2 aromatic rings. The molecule has 6 nitrogen and oxygen atoms in total.